The van der Waals surface area contributed by atoms with Crippen LogP contribution >= 0.6 is 0 Å². The minimum Gasteiger partial charge on any atom is -0.466 e. The van der Waals surface area contributed by atoms with Gasteiger partial charge in [-0.3, -0.25) is 19.2 Å². The largest absolute Gasteiger partial charge is 0.466 e. The summed E-state index contributed by atoms with van der Waals surface area (Å²) in [6, 6.07) is 47.6. The summed E-state index contributed by atoms with van der Waals surface area (Å²) in [5.74, 6) is 6.82. The van der Waals surface area contributed by atoms with E-state index >= 15 is 0 Å². The highest BCUT2D eigenvalue weighted by atomic mass is 16.6. The molecule has 0 atom stereocenters. The van der Waals surface area contributed by atoms with Crippen LogP contribution in [0.15, 0.2) is 158 Å². The fourth-order valence-electron chi connectivity index (χ4n) is 7.70. The third-order valence-electron chi connectivity index (χ3n) is 12.3. The molecule has 6 rings (SSSR count). The van der Waals surface area contributed by atoms with Gasteiger partial charge in [0.15, 0.2) is 0 Å². The Balaban J connectivity index is 0.000000306. The van der Waals surface area contributed by atoms with Gasteiger partial charge in [0.2, 0.25) is 0 Å². The van der Waals surface area contributed by atoms with E-state index in [9.17, 15) is 33.6 Å². The van der Waals surface area contributed by atoms with Gasteiger partial charge in [0, 0.05) is 81.2 Å². The molecular weight excluding hydrogens is 1040 g/mol. The Morgan fingerprint density at radius 3 is 1.52 bits per heavy atom. The van der Waals surface area contributed by atoms with Crippen molar-refractivity contribution in [3.05, 3.63) is 213 Å². The number of nitrogens with one attached hydrogen (secondary N) is 2. The van der Waals surface area contributed by atoms with Gasteiger partial charge in [0.25, 0.3) is 11.8 Å². The molecule has 0 aliphatic carbocycles. The average molecular weight is 1110 g/mol. The Bertz CT molecular complexity index is 3100. The molecule has 4 amide bonds. The van der Waals surface area contributed by atoms with Crippen LogP contribution in [0.3, 0.4) is 0 Å². The molecule has 6 aromatic carbocycles. The highest BCUT2D eigenvalue weighted by Crippen LogP contribution is 2.12. The number of nitrogens with zero attached hydrogens (tertiary/aromatic N) is 2. The number of hydrogen-bond donors (Lipinski definition) is 2. The number of esters is 3. The number of benzene rings is 6. The monoisotopic (exact) mass is 1110 g/mol. The van der Waals surface area contributed by atoms with E-state index in [2.05, 4.69) is 28.4 Å². The number of aryl methyl sites for hydroxylation is 3. The van der Waals surface area contributed by atoms with Crippen molar-refractivity contribution in [1.29, 1.82) is 0 Å². The van der Waals surface area contributed by atoms with E-state index in [0.29, 0.717) is 67.3 Å². The lowest BCUT2D eigenvalue weighted by atomic mass is 10.1. The predicted octanol–water partition coefficient (Wildman–Crippen LogP) is 9.69. The third-order valence-corrected chi connectivity index (χ3v) is 12.3. The van der Waals surface area contributed by atoms with Crippen LogP contribution in [0.2, 0.25) is 0 Å². The molecule has 16 nitrogen and oxygen atoms in total. The Morgan fingerprint density at radius 1 is 0.488 bits per heavy atom. The molecule has 0 aromatic heterocycles. The van der Waals surface area contributed by atoms with Crippen LogP contribution in [-0.4, -0.2) is 111 Å². The van der Waals surface area contributed by atoms with Gasteiger partial charge in [0.1, 0.15) is 6.61 Å². The number of alkyl carbamates (subject to hydrolysis) is 2. The molecule has 0 heterocycles. The molecule has 0 saturated carbocycles. The lowest BCUT2D eigenvalue weighted by Crippen LogP contribution is -2.41. The first-order valence-corrected chi connectivity index (χ1v) is 27.0. The number of likely N-dealkylation sites (N-methyl/N-ethyl adjacent to an activating group) is 1. The van der Waals surface area contributed by atoms with Crippen LogP contribution < -0.4 is 10.6 Å². The van der Waals surface area contributed by atoms with Crippen molar-refractivity contribution < 1.29 is 57.2 Å². The number of ether oxygens (including phenoxy) is 5. The van der Waals surface area contributed by atoms with Crippen molar-refractivity contribution in [2.45, 2.75) is 65.5 Å². The van der Waals surface area contributed by atoms with Crippen molar-refractivity contribution in [2.24, 2.45) is 0 Å². The van der Waals surface area contributed by atoms with Crippen LogP contribution in [0.25, 0.3) is 0 Å². The molecule has 2 N–H and O–H groups in total. The molecule has 0 aliphatic heterocycles. The van der Waals surface area contributed by atoms with Gasteiger partial charge in [-0.05, 0) is 110 Å². The Morgan fingerprint density at radius 2 is 0.976 bits per heavy atom. The van der Waals surface area contributed by atoms with Crippen molar-refractivity contribution in [3.8, 4) is 24.2 Å². The second-order valence-electron chi connectivity index (χ2n) is 18.6. The average Bonchev–Trinajstić information content (AvgIpc) is 3.50. The minimum absolute atomic E-state index is 0.0130. The first kappa shape index (κ1) is 63.2. The zero-order valence-corrected chi connectivity index (χ0v) is 46.7. The summed E-state index contributed by atoms with van der Waals surface area (Å²) >= 11 is 0. The van der Waals surface area contributed by atoms with Crippen molar-refractivity contribution in [1.82, 2.24) is 20.4 Å². The zero-order chi connectivity index (χ0) is 58.7. The molecule has 6 aromatic rings. The summed E-state index contributed by atoms with van der Waals surface area (Å²) < 4.78 is 26.1. The summed E-state index contributed by atoms with van der Waals surface area (Å²) in [5.41, 5.74) is 7.92. The molecular formula is C66H70N4O12. The molecule has 0 bridgehead atoms. The molecule has 0 aliphatic rings. The molecule has 0 unspecified atom stereocenters. The summed E-state index contributed by atoms with van der Waals surface area (Å²) in [4.78, 5) is 89.4. The molecule has 426 valence electrons. The smallest absolute Gasteiger partial charge is 0.407 e. The zero-order valence-electron chi connectivity index (χ0n) is 46.7. The van der Waals surface area contributed by atoms with E-state index in [1.807, 2.05) is 91.9 Å². The van der Waals surface area contributed by atoms with Crippen molar-refractivity contribution in [2.75, 3.05) is 59.7 Å². The number of hydrogen-bond acceptors (Lipinski definition) is 12. The Labute approximate surface area is 480 Å². The van der Waals surface area contributed by atoms with Gasteiger partial charge in [-0.2, -0.15) is 0 Å². The summed E-state index contributed by atoms with van der Waals surface area (Å²) in [6.07, 6.45) is 6.89. The van der Waals surface area contributed by atoms with Gasteiger partial charge in [-0.1, -0.05) is 114 Å². The van der Waals surface area contributed by atoms with E-state index in [0.717, 1.165) is 27.8 Å². The van der Waals surface area contributed by atoms with Crippen LogP contribution in [-0.2, 0) is 59.2 Å². The van der Waals surface area contributed by atoms with Crippen LogP contribution in [0.5, 0.6) is 0 Å². The van der Waals surface area contributed by atoms with Crippen LogP contribution in [0, 0.1) is 31.1 Å². The quantitative estimate of drug-likeness (QED) is 0.0215. The van der Waals surface area contributed by atoms with E-state index in [1.165, 1.54) is 5.56 Å². The molecule has 16 heteroatoms. The van der Waals surface area contributed by atoms with E-state index in [4.69, 9.17) is 30.1 Å². The summed E-state index contributed by atoms with van der Waals surface area (Å²) in [6.45, 7) is 5.61. The number of rotatable bonds is 27. The number of carbonyl (C=O) groups is 7. The maximum absolute atomic E-state index is 13.2. The van der Waals surface area contributed by atoms with Crippen LogP contribution in [0.1, 0.15) is 103 Å². The van der Waals surface area contributed by atoms with Gasteiger partial charge >= 0.3 is 30.1 Å². The molecule has 82 heavy (non-hydrogen) atoms. The standard InChI is InChI=1S/C35H42N2O8.C31H28N2O4/c1-27-12-14-29(15-13-27)17-19-33(39)43-21-7-23-45-35(41)37-26-31-11-5-10-30(24-31)25-36-34(40)44-22-6-20-42-32(38)18-16-28-8-3-2-4-9-28;1-4-9-25-14-18-28(19-15-25)31(36)37-23-22-33(30(35)26-10-7-6-8-11-26)21-20-32(3)29(34)27-16-12-24(5-2)13-17-27/h2-5,8-15,24H,6-7,16-23,25-26H2,1H3,(H,36,40)(H,37,41);2,6-8,10-19H,20-23H2,1,3H3. The van der Waals surface area contributed by atoms with Gasteiger partial charge in [0.05, 0.1) is 38.5 Å². The fraction of sp³-hybridized carbons (Fsp3) is 0.288. The highest BCUT2D eigenvalue weighted by Gasteiger charge is 2.20. The van der Waals surface area contributed by atoms with E-state index < -0.39 is 18.2 Å². The summed E-state index contributed by atoms with van der Waals surface area (Å²) in [5, 5.41) is 5.36. The second kappa shape index (κ2) is 35.8. The molecule has 0 fully saturated rings. The first-order valence-electron chi connectivity index (χ1n) is 27.0. The highest BCUT2D eigenvalue weighted by molar-refractivity contribution is 5.95. The Kier molecular flexibility index (Phi) is 27.5. The van der Waals surface area contributed by atoms with Gasteiger partial charge in [-0.25, -0.2) is 14.4 Å². The van der Waals surface area contributed by atoms with Gasteiger partial charge < -0.3 is 44.1 Å². The van der Waals surface area contributed by atoms with E-state index in [1.54, 1.807) is 96.6 Å². The maximum Gasteiger partial charge on any atom is 0.407 e. The first-order chi connectivity index (χ1) is 39.8. The normalized spacial score (nSPS) is 10.2. The topological polar surface area (TPSA) is 196 Å². The lowest BCUT2D eigenvalue weighted by Gasteiger charge is -2.26. The maximum atomic E-state index is 13.2. The second-order valence-corrected chi connectivity index (χ2v) is 18.6. The summed E-state index contributed by atoms with van der Waals surface area (Å²) in [7, 11) is 1.68. The van der Waals surface area contributed by atoms with Crippen molar-refractivity contribution in [3.63, 3.8) is 0 Å². The Hall–Kier alpha value is -9.67. The fourth-order valence-corrected chi connectivity index (χ4v) is 7.70. The van der Waals surface area contributed by atoms with Crippen LogP contribution in [0.4, 0.5) is 9.59 Å². The van der Waals surface area contributed by atoms with E-state index in [-0.39, 0.29) is 83.0 Å². The predicted molar refractivity (Wildman–Crippen MR) is 311 cm³/mol. The SMILES string of the molecule is C#Cc1ccc(C(=O)N(C)CCN(CCOC(=O)c2ccc(C#CC)cc2)C(=O)c2ccccc2)cc1.Cc1ccc(CCC(=O)OCCCOC(=O)NCc2cccc(CNC(=O)OCCCOC(=O)CCc3ccccc3)c2)cc1. The molecule has 0 spiro atoms. The molecule has 0 radical (unpaired) electrons. The number of amides is 4. The van der Waals surface area contributed by atoms with Crippen molar-refractivity contribution >= 4 is 41.9 Å². The third kappa shape index (κ3) is 24.1. The lowest BCUT2D eigenvalue weighted by molar-refractivity contribution is -0.144. The molecule has 0 saturated heterocycles. The number of carbonyl (C=O) groups excluding carboxylic acids is 7. The van der Waals surface area contributed by atoms with Gasteiger partial charge in [-0.15, -0.1) is 12.3 Å². The minimum atomic E-state index is -0.575. The number of terminal acetylenes is 1.